The van der Waals surface area contributed by atoms with E-state index in [0.717, 1.165) is 34.1 Å². The van der Waals surface area contributed by atoms with E-state index in [1.54, 1.807) is 0 Å². The van der Waals surface area contributed by atoms with Crippen molar-refractivity contribution in [2.24, 2.45) is 0 Å². The van der Waals surface area contributed by atoms with Crippen LogP contribution in [0.4, 0.5) is 17.1 Å². The highest BCUT2D eigenvalue weighted by molar-refractivity contribution is 6.23. The van der Waals surface area contributed by atoms with E-state index in [2.05, 4.69) is 275 Å². The van der Waals surface area contributed by atoms with Crippen molar-refractivity contribution in [3.8, 4) is 39.3 Å². The molecule has 0 amide bonds. The third-order valence-corrected chi connectivity index (χ3v) is 14.9. The Kier molecular flexibility index (Phi) is 8.59. The van der Waals surface area contributed by atoms with Crippen LogP contribution in [0.25, 0.3) is 93.8 Å². The topological polar surface area (TPSA) is 18.0 Å². The summed E-state index contributed by atoms with van der Waals surface area (Å²) in [7, 11) is 0. The van der Waals surface area contributed by atoms with Crippen molar-refractivity contribution in [3.05, 3.63) is 254 Å². The highest BCUT2D eigenvalue weighted by atomic mass is 15.1. The van der Waals surface area contributed by atoms with Gasteiger partial charge >= 0.3 is 0 Å². The third-order valence-electron chi connectivity index (χ3n) is 14.9. The molecule has 14 rings (SSSR count). The van der Waals surface area contributed by atoms with Gasteiger partial charge in [0.1, 0.15) is 0 Å². The lowest BCUT2D eigenvalue weighted by Gasteiger charge is -2.28. The second-order valence-corrected chi connectivity index (χ2v) is 19.0. The van der Waals surface area contributed by atoms with Gasteiger partial charge in [0, 0.05) is 72.7 Å². The molecule has 0 spiro atoms. The summed E-state index contributed by atoms with van der Waals surface area (Å²) in [5.41, 5.74) is 20.3. The molecule has 3 heterocycles. The predicted octanol–water partition coefficient (Wildman–Crippen LogP) is 17.3. The first-order valence-electron chi connectivity index (χ1n) is 23.9. The molecule has 0 atom stereocenters. The smallest absolute Gasteiger partial charge is 0.0635 e. The molecule has 3 aromatic heterocycles. The minimum absolute atomic E-state index is 0.123. The van der Waals surface area contributed by atoms with Crippen LogP contribution in [0.15, 0.2) is 243 Å². The molecule has 0 saturated heterocycles. The fourth-order valence-electron chi connectivity index (χ4n) is 11.6. The molecule has 0 fully saturated rings. The first-order valence-corrected chi connectivity index (χ1v) is 23.9. The van der Waals surface area contributed by atoms with Gasteiger partial charge in [-0.1, -0.05) is 147 Å². The fraction of sp³-hybridized carbons (Fsp3) is 0.0462. The average molecular weight is 883 g/mol. The van der Waals surface area contributed by atoms with Gasteiger partial charge in [0.15, 0.2) is 0 Å². The summed E-state index contributed by atoms with van der Waals surface area (Å²) in [4.78, 5) is 2.41. The summed E-state index contributed by atoms with van der Waals surface area (Å²) in [6.45, 7) is 4.72. The van der Waals surface area contributed by atoms with Crippen molar-refractivity contribution < 1.29 is 0 Å². The molecular formula is C65H46N4. The van der Waals surface area contributed by atoms with Crippen LogP contribution in [0, 0.1) is 0 Å². The molecule has 0 unspecified atom stereocenters. The average Bonchev–Trinajstić information content (AvgIpc) is 4.14. The molecule has 1 aliphatic rings. The van der Waals surface area contributed by atoms with E-state index >= 15 is 0 Å². The number of rotatable bonds is 7. The third kappa shape index (κ3) is 5.95. The number of fused-ring (bicyclic) bond motifs is 11. The second-order valence-electron chi connectivity index (χ2n) is 19.0. The van der Waals surface area contributed by atoms with Gasteiger partial charge in [-0.25, -0.2) is 0 Å². The van der Waals surface area contributed by atoms with Crippen LogP contribution < -0.4 is 4.90 Å². The zero-order chi connectivity index (χ0) is 45.8. The molecule has 13 aromatic rings. The number of nitrogens with zero attached hydrogens (tertiary/aromatic N) is 4. The molecule has 0 radical (unpaired) electrons. The molecule has 326 valence electrons. The standard InChI is InChI=1S/C65H46N4/c1-65(2)58-24-14-12-22-51(58)52-35-34-50(40-59(52)65)67(47-28-26-44(27-29-47)43-16-6-3-7-17-43)48-30-32-49(33-31-48)68-61-25-15-13-23-53(61)56-41-57-54-36-37-60-55(38-39-66(60)45-18-8-4-9-19-45)64(54)69(63(57)42-62(56)68)46-20-10-5-11-21-46/h3-42H,1-2H3. The second kappa shape index (κ2) is 15.1. The van der Waals surface area contributed by atoms with Gasteiger partial charge in [0.2, 0.25) is 0 Å². The number of aromatic nitrogens is 3. The Hall–Kier alpha value is -8.86. The molecule has 0 bridgehead atoms. The summed E-state index contributed by atoms with van der Waals surface area (Å²) in [5, 5.41) is 6.17. The number of benzene rings is 10. The zero-order valence-corrected chi connectivity index (χ0v) is 38.4. The Bertz CT molecular complexity index is 4120. The zero-order valence-electron chi connectivity index (χ0n) is 38.4. The highest BCUT2D eigenvalue weighted by Crippen LogP contribution is 2.51. The van der Waals surface area contributed by atoms with Gasteiger partial charge in [-0.2, -0.15) is 0 Å². The summed E-state index contributed by atoms with van der Waals surface area (Å²) >= 11 is 0. The van der Waals surface area contributed by atoms with Crippen LogP contribution in [-0.2, 0) is 5.41 Å². The van der Waals surface area contributed by atoms with Crippen LogP contribution in [0.3, 0.4) is 0 Å². The van der Waals surface area contributed by atoms with Gasteiger partial charge in [0.05, 0.1) is 27.6 Å². The van der Waals surface area contributed by atoms with Gasteiger partial charge in [0.25, 0.3) is 0 Å². The Labute approximate surface area is 400 Å². The molecule has 10 aromatic carbocycles. The number of hydrogen-bond acceptors (Lipinski definition) is 1. The van der Waals surface area contributed by atoms with Crippen LogP contribution in [0.1, 0.15) is 25.0 Å². The highest BCUT2D eigenvalue weighted by Gasteiger charge is 2.36. The van der Waals surface area contributed by atoms with Crippen molar-refractivity contribution in [1.29, 1.82) is 0 Å². The van der Waals surface area contributed by atoms with Gasteiger partial charge < -0.3 is 18.6 Å². The summed E-state index contributed by atoms with van der Waals surface area (Å²) in [5.74, 6) is 0. The van der Waals surface area contributed by atoms with Crippen molar-refractivity contribution in [2.45, 2.75) is 19.3 Å². The maximum absolute atomic E-state index is 2.48. The molecule has 69 heavy (non-hydrogen) atoms. The molecule has 0 saturated carbocycles. The molecule has 0 aliphatic heterocycles. The number of para-hydroxylation sites is 3. The maximum atomic E-state index is 2.48. The minimum Gasteiger partial charge on any atom is -0.316 e. The van der Waals surface area contributed by atoms with Crippen LogP contribution >= 0.6 is 0 Å². The van der Waals surface area contributed by atoms with E-state index in [-0.39, 0.29) is 5.41 Å². The molecule has 4 heteroatoms. The van der Waals surface area contributed by atoms with Crippen molar-refractivity contribution in [3.63, 3.8) is 0 Å². The van der Waals surface area contributed by atoms with Crippen molar-refractivity contribution >= 4 is 71.6 Å². The lowest BCUT2D eigenvalue weighted by molar-refractivity contribution is 0.660. The normalized spacial score (nSPS) is 12.9. The summed E-state index contributed by atoms with van der Waals surface area (Å²) < 4.78 is 7.23. The minimum atomic E-state index is -0.123. The van der Waals surface area contributed by atoms with E-state index in [1.165, 1.54) is 87.9 Å². The van der Waals surface area contributed by atoms with E-state index in [4.69, 9.17) is 0 Å². The largest absolute Gasteiger partial charge is 0.316 e. The number of hydrogen-bond donors (Lipinski definition) is 0. The predicted molar refractivity (Wildman–Crippen MR) is 290 cm³/mol. The maximum Gasteiger partial charge on any atom is 0.0635 e. The Balaban J connectivity index is 0.949. The van der Waals surface area contributed by atoms with E-state index in [9.17, 15) is 0 Å². The fourth-order valence-corrected chi connectivity index (χ4v) is 11.6. The molecule has 4 nitrogen and oxygen atoms in total. The lowest BCUT2D eigenvalue weighted by Crippen LogP contribution is -2.16. The Morgan fingerprint density at radius 3 is 1.68 bits per heavy atom. The van der Waals surface area contributed by atoms with E-state index in [0.29, 0.717) is 0 Å². The van der Waals surface area contributed by atoms with Crippen LogP contribution in [-0.4, -0.2) is 13.7 Å². The summed E-state index contributed by atoms with van der Waals surface area (Å²) in [6, 6.07) is 86.9. The van der Waals surface area contributed by atoms with E-state index in [1.807, 2.05) is 0 Å². The lowest BCUT2D eigenvalue weighted by atomic mass is 9.82. The van der Waals surface area contributed by atoms with Crippen molar-refractivity contribution in [2.75, 3.05) is 4.90 Å². The molecule has 1 aliphatic carbocycles. The van der Waals surface area contributed by atoms with Crippen molar-refractivity contribution in [1.82, 2.24) is 13.7 Å². The van der Waals surface area contributed by atoms with Gasteiger partial charge in [-0.3, -0.25) is 0 Å². The SMILES string of the molecule is CC1(C)c2ccccc2-c2ccc(N(c3ccc(-c4ccccc4)cc3)c3ccc(-n4c5ccccc5c5cc6c7ccc8c(ccn8-c8ccccc8)c7n(-c7ccccc7)c6cc54)cc3)cc21. The first kappa shape index (κ1) is 39.3. The monoisotopic (exact) mass is 882 g/mol. The van der Waals surface area contributed by atoms with Gasteiger partial charge in [-0.15, -0.1) is 0 Å². The van der Waals surface area contributed by atoms with Crippen LogP contribution in [0.2, 0.25) is 0 Å². The number of anilines is 3. The van der Waals surface area contributed by atoms with Crippen LogP contribution in [0.5, 0.6) is 0 Å². The van der Waals surface area contributed by atoms with E-state index < -0.39 is 0 Å². The first-order chi connectivity index (χ1) is 34.0. The molecular weight excluding hydrogens is 837 g/mol. The summed E-state index contributed by atoms with van der Waals surface area (Å²) in [6.07, 6.45) is 2.21. The Morgan fingerprint density at radius 1 is 0.333 bits per heavy atom. The molecule has 0 N–H and O–H groups in total. The van der Waals surface area contributed by atoms with Gasteiger partial charge in [-0.05, 0) is 137 Å². The quantitative estimate of drug-likeness (QED) is 0.156. The Morgan fingerprint density at radius 2 is 0.913 bits per heavy atom.